The lowest BCUT2D eigenvalue weighted by Gasteiger charge is -2.52. The third-order valence-electron chi connectivity index (χ3n) is 4.41. The molecule has 2 rings (SSSR count). The van der Waals surface area contributed by atoms with Crippen LogP contribution in [0.25, 0.3) is 0 Å². The molecule has 2 saturated heterocycles. The van der Waals surface area contributed by atoms with Gasteiger partial charge in [0.15, 0.2) is 0 Å². The zero-order valence-electron chi connectivity index (χ0n) is 11.7. The van der Waals surface area contributed by atoms with Gasteiger partial charge in [0, 0.05) is 24.2 Å². The van der Waals surface area contributed by atoms with Crippen molar-refractivity contribution in [2.75, 3.05) is 26.2 Å². The van der Waals surface area contributed by atoms with Crippen molar-refractivity contribution in [1.29, 1.82) is 0 Å². The molecule has 16 heavy (non-hydrogen) atoms. The molecule has 2 aliphatic heterocycles. The van der Waals surface area contributed by atoms with E-state index in [1.54, 1.807) is 0 Å². The molecule has 0 radical (unpaired) electrons. The molecule has 0 aromatic heterocycles. The zero-order valence-corrected chi connectivity index (χ0v) is 11.7. The molecule has 0 amide bonds. The van der Waals surface area contributed by atoms with Crippen LogP contribution >= 0.6 is 0 Å². The topological polar surface area (TPSA) is 6.48 Å². The molecule has 0 saturated carbocycles. The van der Waals surface area contributed by atoms with E-state index in [-0.39, 0.29) is 0 Å². The Bertz CT molecular complexity index is 242. The number of rotatable bonds is 3. The standard InChI is InChI=1S/C14H28N2/c1-13(2,3)16-10-12(11-16)9-14(4,5)15-7-6-8-15/h12H,6-11H2,1-5H3. The van der Waals surface area contributed by atoms with E-state index >= 15 is 0 Å². The van der Waals surface area contributed by atoms with Gasteiger partial charge in [0.2, 0.25) is 0 Å². The molecule has 2 heterocycles. The normalized spacial score (nSPS) is 25.3. The van der Waals surface area contributed by atoms with Gasteiger partial charge >= 0.3 is 0 Å². The minimum atomic E-state index is 0.372. The van der Waals surface area contributed by atoms with E-state index in [9.17, 15) is 0 Å². The average molecular weight is 224 g/mol. The highest BCUT2D eigenvalue weighted by atomic mass is 15.3. The quantitative estimate of drug-likeness (QED) is 0.727. The van der Waals surface area contributed by atoms with Crippen molar-refractivity contribution in [3.63, 3.8) is 0 Å². The molecule has 0 atom stereocenters. The lowest BCUT2D eigenvalue weighted by Crippen LogP contribution is -2.60. The van der Waals surface area contributed by atoms with Crippen LogP contribution in [0.1, 0.15) is 47.5 Å². The molecule has 0 aromatic rings. The average Bonchev–Trinajstić information content (AvgIpc) is 1.88. The molecule has 0 bridgehead atoms. The number of hydrogen-bond acceptors (Lipinski definition) is 2. The van der Waals surface area contributed by atoms with Crippen molar-refractivity contribution in [1.82, 2.24) is 9.80 Å². The first-order chi connectivity index (χ1) is 7.29. The highest BCUT2D eigenvalue weighted by Gasteiger charge is 2.39. The minimum absolute atomic E-state index is 0.372. The summed E-state index contributed by atoms with van der Waals surface area (Å²) in [6.45, 7) is 17.1. The van der Waals surface area contributed by atoms with Crippen LogP contribution in [0.5, 0.6) is 0 Å². The third-order valence-corrected chi connectivity index (χ3v) is 4.41. The first-order valence-corrected chi connectivity index (χ1v) is 6.79. The van der Waals surface area contributed by atoms with Gasteiger partial charge in [-0.2, -0.15) is 0 Å². The van der Waals surface area contributed by atoms with Gasteiger partial charge in [-0.05, 0) is 66.5 Å². The monoisotopic (exact) mass is 224 g/mol. The predicted molar refractivity (Wildman–Crippen MR) is 69.7 cm³/mol. The molecule has 2 nitrogen and oxygen atoms in total. The fourth-order valence-electron chi connectivity index (χ4n) is 3.00. The minimum Gasteiger partial charge on any atom is -0.298 e. The number of likely N-dealkylation sites (tertiary alicyclic amines) is 2. The van der Waals surface area contributed by atoms with Gasteiger partial charge in [0.05, 0.1) is 0 Å². The van der Waals surface area contributed by atoms with E-state index in [1.807, 2.05) is 0 Å². The molecule has 2 heteroatoms. The number of hydrogen-bond donors (Lipinski definition) is 0. The van der Waals surface area contributed by atoms with E-state index in [0.717, 1.165) is 5.92 Å². The second-order valence-corrected chi connectivity index (χ2v) is 7.30. The first-order valence-electron chi connectivity index (χ1n) is 6.79. The Kier molecular flexibility index (Phi) is 3.09. The summed E-state index contributed by atoms with van der Waals surface area (Å²) in [5.41, 5.74) is 0.810. The van der Waals surface area contributed by atoms with Gasteiger partial charge in [-0.3, -0.25) is 9.80 Å². The Morgan fingerprint density at radius 3 is 1.88 bits per heavy atom. The molecular weight excluding hydrogens is 196 g/mol. The van der Waals surface area contributed by atoms with E-state index < -0.39 is 0 Å². The maximum atomic E-state index is 2.65. The van der Waals surface area contributed by atoms with E-state index in [2.05, 4.69) is 44.4 Å². The van der Waals surface area contributed by atoms with E-state index in [1.165, 1.54) is 39.0 Å². The van der Waals surface area contributed by atoms with Crippen LogP contribution in [0.2, 0.25) is 0 Å². The van der Waals surface area contributed by atoms with Crippen LogP contribution < -0.4 is 0 Å². The molecule has 2 aliphatic rings. The van der Waals surface area contributed by atoms with E-state index in [0.29, 0.717) is 11.1 Å². The van der Waals surface area contributed by atoms with Crippen molar-refractivity contribution in [3.05, 3.63) is 0 Å². The van der Waals surface area contributed by atoms with Gasteiger partial charge in [0.25, 0.3) is 0 Å². The van der Waals surface area contributed by atoms with Crippen LogP contribution in [0.3, 0.4) is 0 Å². The lowest BCUT2D eigenvalue weighted by atomic mass is 9.81. The van der Waals surface area contributed by atoms with Crippen molar-refractivity contribution in [3.8, 4) is 0 Å². The van der Waals surface area contributed by atoms with Gasteiger partial charge < -0.3 is 0 Å². The summed E-state index contributed by atoms with van der Waals surface area (Å²) in [5.74, 6) is 0.926. The maximum Gasteiger partial charge on any atom is 0.0156 e. The van der Waals surface area contributed by atoms with E-state index in [4.69, 9.17) is 0 Å². The molecule has 0 unspecified atom stereocenters. The van der Waals surface area contributed by atoms with Crippen molar-refractivity contribution >= 4 is 0 Å². The summed E-state index contributed by atoms with van der Waals surface area (Å²) in [7, 11) is 0. The molecule has 94 valence electrons. The second kappa shape index (κ2) is 3.99. The third kappa shape index (κ3) is 2.43. The molecule has 0 aliphatic carbocycles. The fraction of sp³-hybridized carbons (Fsp3) is 1.00. The Labute approximate surface area is 101 Å². The van der Waals surface area contributed by atoms with Gasteiger partial charge in [-0.25, -0.2) is 0 Å². The van der Waals surface area contributed by atoms with Crippen LogP contribution in [-0.2, 0) is 0 Å². The fourth-order valence-corrected chi connectivity index (χ4v) is 3.00. The predicted octanol–water partition coefficient (Wildman–Crippen LogP) is 2.59. The maximum absolute atomic E-state index is 2.65. The summed E-state index contributed by atoms with van der Waals surface area (Å²) in [6.07, 6.45) is 2.78. The van der Waals surface area contributed by atoms with Crippen molar-refractivity contribution in [2.24, 2.45) is 5.92 Å². The first kappa shape index (κ1) is 12.4. The van der Waals surface area contributed by atoms with Gasteiger partial charge in [-0.1, -0.05) is 0 Å². The molecule has 0 spiro atoms. The van der Waals surface area contributed by atoms with Crippen LogP contribution in [0, 0.1) is 5.92 Å². The zero-order chi connectivity index (χ0) is 12.0. The van der Waals surface area contributed by atoms with Gasteiger partial charge in [-0.15, -0.1) is 0 Å². The largest absolute Gasteiger partial charge is 0.298 e. The van der Waals surface area contributed by atoms with Crippen molar-refractivity contribution < 1.29 is 0 Å². The van der Waals surface area contributed by atoms with Gasteiger partial charge in [0.1, 0.15) is 0 Å². The summed E-state index contributed by atoms with van der Waals surface area (Å²) in [4.78, 5) is 5.25. The second-order valence-electron chi connectivity index (χ2n) is 7.30. The van der Waals surface area contributed by atoms with Crippen molar-refractivity contribution in [2.45, 2.75) is 58.5 Å². The highest BCUT2D eigenvalue weighted by Crippen LogP contribution is 2.34. The SMILES string of the molecule is CC(C)(C)N1CC(CC(C)(C)N2CCC2)C1. The summed E-state index contributed by atoms with van der Waals surface area (Å²) >= 11 is 0. The number of nitrogens with zero attached hydrogens (tertiary/aromatic N) is 2. The Morgan fingerprint density at radius 1 is 0.938 bits per heavy atom. The highest BCUT2D eigenvalue weighted by molar-refractivity contribution is 4.95. The van der Waals surface area contributed by atoms with Crippen LogP contribution in [0.15, 0.2) is 0 Å². The Hall–Kier alpha value is -0.0800. The van der Waals surface area contributed by atoms with Crippen LogP contribution in [-0.4, -0.2) is 47.1 Å². The summed E-state index contributed by atoms with van der Waals surface area (Å²) < 4.78 is 0. The molecule has 2 fully saturated rings. The lowest BCUT2D eigenvalue weighted by molar-refractivity contribution is -0.0309. The Balaban J connectivity index is 1.76. The van der Waals surface area contributed by atoms with Crippen LogP contribution in [0.4, 0.5) is 0 Å². The summed E-state index contributed by atoms with van der Waals surface area (Å²) in [5, 5.41) is 0. The molecule has 0 aromatic carbocycles. The summed E-state index contributed by atoms with van der Waals surface area (Å²) in [6, 6.07) is 0. The molecular formula is C14H28N2. The smallest absolute Gasteiger partial charge is 0.0156 e. The Morgan fingerprint density at radius 2 is 1.50 bits per heavy atom. The molecule has 0 N–H and O–H groups in total.